The highest BCUT2D eigenvalue weighted by atomic mass is 19.1. The van der Waals surface area contributed by atoms with Gasteiger partial charge in [0, 0.05) is 24.0 Å². The van der Waals surface area contributed by atoms with Crippen molar-refractivity contribution in [2.75, 3.05) is 0 Å². The monoisotopic (exact) mass is 274 g/mol. The minimum Gasteiger partial charge on any atom is -0.486 e. The number of hydrogen-bond acceptors (Lipinski definition) is 3. The largest absolute Gasteiger partial charge is 0.486 e. The van der Waals surface area contributed by atoms with Crippen LogP contribution in [0.5, 0.6) is 5.75 Å². The van der Waals surface area contributed by atoms with E-state index in [0.29, 0.717) is 13.0 Å². The second-order valence-electron chi connectivity index (χ2n) is 5.11. The molecule has 1 unspecified atom stereocenters. The van der Waals surface area contributed by atoms with Crippen molar-refractivity contribution in [2.45, 2.75) is 32.9 Å². The van der Waals surface area contributed by atoms with Crippen LogP contribution >= 0.6 is 0 Å². The van der Waals surface area contributed by atoms with E-state index in [9.17, 15) is 4.39 Å². The number of ether oxygens (including phenoxy) is 1. The maximum Gasteiger partial charge on any atom is 0.165 e. The number of aromatic nitrogens is 1. The molecular weight excluding hydrogens is 255 g/mol. The molecule has 0 spiro atoms. The second kappa shape index (κ2) is 6.48. The Morgan fingerprint density at radius 3 is 2.70 bits per heavy atom. The molecule has 0 aliphatic carbocycles. The summed E-state index contributed by atoms with van der Waals surface area (Å²) < 4.78 is 19.4. The maximum absolute atomic E-state index is 13.9. The lowest BCUT2D eigenvalue weighted by molar-refractivity contribution is 0.289. The molecule has 0 aliphatic rings. The van der Waals surface area contributed by atoms with Gasteiger partial charge in [-0.05, 0) is 49.6 Å². The van der Waals surface area contributed by atoms with Gasteiger partial charge in [-0.1, -0.05) is 6.07 Å². The molecular formula is C16H19FN2O. The zero-order chi connectivity index (χ0) is 14.5. The number of aryl methyl sites for hydroxylation is 1. The van der Waals surface area contributed by atoms with Gasteiger partial charge >= 0.3 is 0 Å². The first-order valence-corrected chi connectivity index (χ1v) is 6.62. The summed E-state index contributed by atoms with van der Waals surface area (Å²) in [5, 5.41) is 0. The smallest absolute Gasteiger partial charge is 0.165 e. The highest BCUT2D eigenvalue weighted by Crippen LogP contribution is 2.20. The van der Waals surface area contributed by atoms with Crippen molar-refractivity contribution in [3.8, 4) is 5.75 Å². The van der Waals surface area contributed by atoms with E-state index in [1.807, 2.05) is 26.0 Å². The Morgan fingerprint density at radius 2 is 2.05 bits per heavy atom. The van der Waals surface area contributed by atoms with E-state index in [2.05, 4.69) is 4.98 Å². The first-order valence-electron chi connectivity index (χ1n) is 6.62. The quantitative estimate of drug-likeness (QED) is 0.911. The summed E-state index contributed by atoms with van der Waals surface area (Å²) in [5.74, 6) is -0.108. The summed E-state index contributed by atoms with van der Waals surface area (Å²) >= 11 is 0. The van der Waals surface area contributed by atoms with Gasteiger partial charge in [0.2, 0.25) is 0 Å². The van der Waals surface area contributed by atoms with Gasteiger partial charge in [0.25, 0.3) is 0 Å². The van der Waals surface area contributed by atoms with E-state index in [1.165, 1.54) is 6.07 Å². The first-order chi connectivity index (χ1) is 9.54. The molecule has 0 bridgehead atoms. The number of hydrogen-bond donors (Lipinski definition) is 1. The van der Waals surface area contributed by atoms with Crippen LogP contribution in [0.1, 0.15) is 23.6 Å². The third kappa shape index (κ3) is 4.03. The van der Waals surface area contributed by atoms with Crippen LogP contribution in [0.3, 0.4) is 0 Å². The number of halogens is 1. The molecule has 20 heavy (non-hydrogen) atoms. The van der Waals surface area contributed by atoms with E-state index in [1.54, 1.807) is 18.5 Å². The minimum atomic E-state index is -0.358. The molecule has 1 atom stereocenters. The summed E-state index contributed by atoms with van der Waals surface area (Å²) in [7, 11) is 0. The predicted octanol–water partition coefficient (Wildman–Crippen LogP) is 3.00. The molecule has 1 aromatic carbocycles. The molecule has 3 nitrogen and oxygen atoms in total. The van der Waals surface area contributed by atoms with Gasteiger partial charge in [-0.3, -0.25) is 4.98 Å². The van der Waals surface area contributed by atoms with E-state index < -0.39 is 0 Å². The molecule has 106 valence electrons. The number of nitrogens with zero attached hydrogens (tertiary/aromatic N) is 1. The van der Waals surface area contributed by atoms with Crippen LogP contribution in [-0.4, -0.2) is 11.0 Å². The lowest BCUT2D eigenvalue weighted by atomic mass is 10.1. The second-order valence-corrected chi connectivity index (χ2v) is 5.11. The third-order valence-corrected chi connectivity index (χ3v) is 2.88. The fourth-order valence-corrected chi connectivity index (χ4v) is 2.02. The van der Waals surface area contributed by atoms with E-state index in [-0.39, 0.29) is 17.6 Å². The lowest BCUT2D eigenvalue weighted by Crippen LogP contribution is -2.17. The molecule has 1 heterocycles. The summed E-state index contributed by atoms with van der Waals surface area (Å²) in [6.07, 6.45) is 4.14. The Hall–Kier alpha value is -1.94. The summed E-state index contributed by atoms with van der Waals surface area (Å²) in [5.41, 5.74) is 8.55. The van der Waals surface area contributed by atoms with E-state index in [0.717, 1.165) is 16.7 Å². The number of nitrogens with two attached hydrogens (primary N) is 1. The number of benzene rings is 1. The predicted molar refractivity (Wildman–Crippen MR) is 77.1 cm³/mol. The Kier molecular flexibility index (Phi) is 4.69. The number of pyridine rings is 1. The van der Waals surface area contributed by atoms with Crippen molar-refractivity contribution < 1.29 is 9.13 Å². The van der Waals surface area contributed by atoms with Gasteiger partial charge in [-0.25, -0.2) is 4.39 Å². The first kappa shape index (κ1) is 14.5. The fourth-order valence-electron chi connectivity index (χ4n) is 2.02. The van der Waals surface area contributed by atoms with Crippen LogP contribution in [0.2, 0.25) is 0 Å². The molecule has 0 saturated carbocycles. The Morgan fingerprint density at radius 1 is 1.25 bits per heavy atom. The van der Waals surface area contributed by atoms with E-state index >= 15 is 0 Å². The number of rotatable bonds is 5. The van der Waals surface area contributed by atoms with Crippen molar-refractivity contribution in [1.29, 1.82) is 0 Å². The van der Waals surface area contributed by atoms with Crippen LogP contribution < -0.4 is 10.5 Å². The van der Waals surface area contributed by atoms with Crippen molar-refractivity contribution >= 4 is 0 Å². The molecule has 1 aromatic heterocycles. The summed E-state index contributed by atoms with van der Waals surface area (Å²) in [4.78, 5) is 4.08. The molecule has 2 rings (SSSR count). The van der Waals surface area contributed by atoms with Gasteiger partial charge in [0.05, 0.1) is 0 Å². The summed E-state index contributed by atoms with van der Waals surface area (Å²) in [6.45, 7) is 4.16. The Labute approximate surface area is 118 Å². The van der Waals surface area contributed by atoms with Gasteiger partial charge in [-0.2, -0.15) is 0 Å². The zero-order valence-corrected chi connectivity index (χ0v) is 11.8. The highest BCUT2D eigenvalue weighted by molar-refractivity contribution is 5.30. The van der Waals surface area contributed by atoms with E-state index in [4.69, 9.17) is 10.5 Å². The molecule has 2 N–H and O–H groups in total. The topological polar surface area (TPSA) is 48.1 Å². The molecule has 0 radical (unpaired) electrons. The minimum absolute atomic E-state index is 0.0135. The van der Waals surface area contributed by atoms with Gasteiger partial charge in [-0.15, -0.1) is 0 Å². The zero-order valence-electron chi connectivity index (χ0n) is 11.8. The Bertz CT molecular complexity index is 584. The average Bonchev–Trinajstić information content (AvgIpc) is 2.37. The van der Waals surface area contributed by atoms with Crippen LogP contribution in [0, 0.1) is 12.7 Å². The third-order valence-electron chi connectivity index (χ3n) is 2.88. The average molecular weight is 274 g/mol. The maximum atomic E-state index is 13.9. The Balaban J connectivity index is 2.03. The van der Waals surface area contributed by atoms with Crippen molar-refractivity contribution in [3.63, 3.8) is 0 Å². The van der Waals surface area contributed by atoms with Crippen molar-refractivity contribution in [2.24, 2.45) is 5.73 Å². The van der Waals surface area contributed by atoms with Gasteiger partial charge in [0.15, 0.2) is 11.6 Å². The fraction of sp³-hybridized carbons (Fsp3) is 0.312. The van der Waals surface area contributed by atoms with Gasteiger partial charge in [0.1, 0.15) is 6.61 Å². The van der Waals surface area contributed by atoms with Gasteiger partial charge < -0.3 is 10.5 Å². The molecule has 0 saturated heterocycles. The lowest BCUT2D eigenvalue weighted by Gasteiger charge is -2.10. The standard InChI is InChI=1S/C16H19FN2O/c1-11-5-14(9-19-8-11)10-20-16-4-3-13(6-12(2)18)7-15(16)17/h3-5,7-9,12H,6,10,18H2,1-2H3. The molecule has 0 fully saturated rings. The van der Waals surface area contributed by atoms with Crippen LogP contribution in [0.4, 0.5) is 4.39 Å². The SMILES string of the molecule is Cc1cncc(COc2ccc(CC(C)N)cc2F)c1. The highest BCUT2D eigenvalue weighted by Gasteiger charge is 2.07. The molecule has 0 aliphatic heterocycles. The summed E-state index contributed by atoms with van der Waals surface area (Å²) in [6, 6.07) is 6.95. The van der Waals surface area contributed by atoms with Crippen molar-refractivity contribution in [3.05, 3.63) is 59.2 Å². The van der Waals surface area contributed by atoms with Crippen molar-refractivity contribution in [1.82, 2.24) is 4.98 Å². The normalized spacial score (nSPS) is 12.2. The van der Waals surface area contributed by atoms with Crippen LogP contribution in [0.25, 0.3) is 0 Å². The molecule has 4 heteroatoms. The molecule has 2 aromatic rings. The van der Waals surface area contributed by atoms with Crippen LogP contribution in [-0.2, 0) is 13.0 Å². The van der Waals surface area contributed by atoms with Crippen LogP contribution in [0.15, 0.2) is 36.7 Å². The molecule has 0 amide bonds.